The van der Waals surface area contributed by atoms with Crippen molar-refractivity contribution < 1.29 is 27.6 Å². The molecule has 1 unspecified atom stereocenters. The summed E-state index contributed by atoms with van der Waals surface area (Å²) in [6.45, 7) is 1.74. The molecule has 0 aliphatic carbocycles. The van der Waals surface area contributed by atoms with Crippen molar-refractivity contribution in [3.8, 4) is 0 Å². The standard InChI is InChI=1S/C28H33F3N4O3/c29-28(30,31)22-10-6-9-21(17-22)27(38)32-18-24(36)33-23-14-16-34(19-23)25-11-4-5-15-35(25)26(37)13-12-20-7-2-1-3-8-20/h1-3,6-10,17,23,25H,4-5,11-16,18-19H2,(H,32,38)(H,33,36)/t23-,25?/m1/s1. The summed E-state index contributed by atoms with van der Waals surface area (Å²) in [5.41, 5.74) is 0.0587. The number of benzene rings is 2. The molecule has 2 aromatic rings. The third kappa shape index (κ3) is 7.34. The Kier molecular flexibility index (Phi) is 9.04. The van der Waals surface area contributed by atoms with E-state index < -0.39 is 23.6 Å². The molecule has 204 valence electrons. The largest absolute Gasteiger partial charge is 0.416 e. The van der Waals surface area contributed by atoms with Crippen LogP contribution in [0.25, 0.3) is 0 Å². The molecule has 2 aliphatic rings. The number of hydrogen-bond acceptors (Lipinski definition) is 4. The number of nitrogens with zero attached hydrogens (tertiary/aromatic N) is 2. The maximum atomic E-state index is 13.1. The Hall–Kier alpha value is -3.40. The second-order valence-electron chi connectivity index (χ2n) is 9.86. The summed E-state index contributed by atoms with van der Waals surface area (Å²) in [4.78, 5) is 42.0. The van der Waals surface area contributed by atoms with Gasteiger partial charge in [0.25, 0.3) is 5.91 Å². The second-order valence-corrected chi connectivity index (χ2v) is 9.86. The van der Waals surface area contributed by atoms with E-state index in [1.165, 1.54) is 6.07 Å². The lowest BCUT2D eigenvalue weighted by Gasteiger charge is -2.41. The number of carbonyl (C=O) groups is 3. The van der Waals surface area contributed by atoms with Gasteiger partial charge in [-0.1, -0.05) is 36.4 Å². The van der Waals surface area contributed by atoms with Crippen LogP contribution in [0, 0.1) is 0 Å². The molecule has 2 aliphatic heterocycles. The van der Waals surface area contributed by atoms with E-state index in [0.29, 0.717) is 19.4 Å². The van der Waals surface area contributed by atoms with Crippen LogP contribution in [0.1, 0.15) is 53.6 Å². The highest BCUT2D eigenvalue weighted by Gasteiger charge is 2.36. The van der Waals surface area contributed by atoms with Crippen LogP contribution in [0.5, 0.6) is 0 Å². The third-order valence-corrected chi connectivity index (χ3v) is 7.13. The number of likely N-dealkylation sites (tertiary alicyclic amines) is 2. The van der Waals surface area contributed by atoms with E-state index in [1.54, 1.807) is 0 Å². The van der Waals surface area contributed by atoms with E-state index >= 15 is 0 Å². The average Bonchev–Trinajstić information content (AvgIpc) is 3.38. The minimum atomic E-state index is -4.55. The van der Waals surface area contributed by atoms with E-state index in [0.717, 1.165) is 62.5 Å². The summed E-state index contributed by atoms with van der Waals surface area (Å²) < 4.78 is 38.7. The van der Waals surface area contributed by atoms with Crippen LogP contribution in [0.4, 0.5) is 13.2 Å². The van der Waals surface area contributed by atoms with E-state index in [9.17, 15) is 27.6 Å². The fourth-order valence-corrected chi connectivity index (χ4v) is 5.18. The lowest BCUT2D eigenvalue weighted by Crippen LogP contribution is -2.53. The summed E-state index contributed by atoms with van der Waals surface area (Å²) in [6.07, 6.45) is 0.251. The van der Waals surface area contributed by atoms with Crippen LogP contribution >= 0.6 is 0 Å². The molecule has 0 radical (unpaired) electrons. The monoisotopic (exact) mass is 530 g/mol. The van der Waals surface area contributed by atoms with Crippen molar-refractivity contribution in [2.75, 3.05) is 26.2 Å². The number of nitrogens with one attached hydrogen (secondary N) is 2. The highest BCUT2D eigenvalue weighted by molar-refractivity contribution is 5.96. The maximum absolute atomic E-state index is 13.1. The highest BCUT2D eigenvalue weighted by Crippen LogP contribution is 2.29. The molecule has 38 heavy (non-hydrogen) atoms. The Bertz CT molecular complexity index is 1130. The number of halogens is 3. The molecule has 10 heteroatoms. The Morgan fingerprint density at radius 1 is 0.947 bits per heavy atom. The average molecular weight is 531 g/mol. The summed E-state index contributed by atoms with van der Waals surface area (Å²) in [6, 6.07) is 13.9. The van der Waals surface area contributed by atoms with Gasteiger partial charge in [-0.15, -0.1) is 0 Å². The Morgan fingerprint density at radius 3 is 2.50 bits per heavy atom. The zero-order valence-electron chi connectivity index (χ0n) is 21.2. The summed E-state index contributed by atoms with van der Waals surface area (Å²) in [5, 5.41) is 5.29. The Labute approximate surface area is 220 Å². The van der Waals surface area contributed by atoms with Gasteiger partial charge in [-0.2, -0.15) is 13.2 Å². The van der Waals surface area contributed by atoms with Crippen molar-refractivity contribution in [3.63, 3.8) is 0 Å². The van der Waals surface area contributed by atoms with Crippen LogP contribution in [-0.2, 0) is 22.2 Å². The number of rotatable bonds is 8. The fourth-order valence-electron chi connectivity index (χ4n) is 5.18. The molecule has 2 N–H and O–H groups in total. The van der Waals surface area contributed by atoms with Gasteiger partial charge in [0.05, 0.1) is 18.3 Å². The predicted molar refractivity (Wildman–Crippen MR) is 136 cm³/mol. The zero-order chi connectivity index (χ0) is 27.1. The molecule has 7 nitrogen and oxygen atoms in total. The number of carbonyl (C=O) groups excluding carboxylic acids is 3. The number of piperidine rings is 1. The number of hydrogen-bond donors (Lipinski definition) is 2. The molecular weight excluding hydrogens is 497 g/mol. The van der Waals surface area contributed by atoms with Gasteiger partial charge in [0.1, 0.15) is 0 Å². The maximum Gasteiger partial charge on any atom is 0.416 e. The minimum Gasteiger partial charge on any atom is -0.350 e. The van der Waals surface area contributed by atoms with Crippen LogP contribution in [0.3, 0.4) is 0 Å². The molecule has 0 aromatic heterocycles. The molecule has 2 heterocycles. The van der Waals surface area contributed by atoms with Gasteiger partial charge in [-0.25, -0.2) is 0 Å². The van der Waals surface area contributed by atoms with Gasteiger partial charge in [0.15, 0.2) is 0 Å². The molecule has 3 amide bonds. The first-order valence-electron chi connectivity index (χ1n) is 13.0. The van der Waals surface area contributed by atoms with Crippen molar-refractivity contribution in [3.05, 3.63) is 71.3 Å². The smallest absolute Gasteiger partial charge is 0.350 e. The first-order valence-corrected chi connectivity index (χ1v) is 13.0. The predicted octanol–water partition coefficient (Wildman–Crippen LogP) is 3.60. The van der Waals surface area contributed by atoms with Crippen LogP contribution in [0.15, 0.2) is 54.6 Å². The quantitative estimate of drug-likeness (QED) is 0.547. The van der Waals surface area contributed by atoms with Gasteiger partial charge in [-0.3, -0.25) is 19.3 Å². The molecule has 2 atom stereocenters. The van der Waals surface area contributed by atoms with E-state index in [4.69, 9.17) is 0 Å². The van der Waals surface area contributed by atoms with Gasteiger partial charge in [0.2, 0.25) is 11.8 Å². The lowest BCUT2D eigenvalue weighted by atomic mass is 10.0. The number of amides is 3. The topological polar surface area (TPSA) is 81.8 Å². The van der Waals surface area contributed by atoms with Crippen molar-refractivity contribution >= 4 is 17.7 Å². The lowest BCUT2D eigenvalue weighted by molar-refractivity contribution is -0.140. The summed E-state index contributed by atoms with van der Waals surface area (Å²) in [5.74, 6) is -1.01. The van der Waals surface area contributed by atoms with Crippen LogP contribution in [-0.4, -0.2) is 65.9 Å². The van der Waals surface area contributed by atoms with Gasteiger partial charge in [0, 0.05) is 37.7 Å². The molecular formula is C28H33F3N4O3. The van der Waals surface area contributed by atoms with Crippen molar-refractivity contribution in [2.24, 2.45) is 0 Å². The van der Waals surface area contributed by atoms with Gasteiger partial charge in [-0.05, 0) is 55.9 Å². The molecule has 0 saturated carbocycles. The van der Waals surface area contributed by atoms with Gasteiger partial charge >= 0.3 is 6.18 Å². The normalized spacial score (nSPS) is 20.2. The fraction of sp³-hybridized carbons (Fsp3) is 0.464. The minimum absolute atomic E-state index is 0.00883. The van der Waals surface area contributed by atoms with E-state index in [-0.39, 0.29) is 30.2 Å². The van der Waals surface area contributed by atoms with Crippen LogP contribution < -0.4 is 10.6 Å². The zero-order valence-corrected chi connectivity index (χ0v) is 21.2. The summed E-state index contributed by atoms with van der Waals surface area (Å²) in [7, 11) is 0. The Balaban J connectivity index is 1.24. The van der Waals surface area contributed by atoms with Crippen molar-refractivity contribution in [1.29, 1.82) is 0 Å². The molecule has 2 fully saturated rings. The van der Waals surface area contributed by atoms with Crippen molar-refractivity contribution in [2.45, 2.75) is 56.9 Å². The highest BCUT2D eigenvalue weighted by atomic mass is 19.4. The van der Waals surface area contributed by atoms with E-state index in [1.807, 2.05) is 35.2 Å². The second kappa shape index (κ2) is 12.4. The molecule has 2 saturated heterocycles. The number of aryl methyl sites for hydroxylation is 1. The summed E-state index contributed by atoms with van der Waals surface area (Å²) >= 11 is 0. The van der Waals surface area contributed by atoms with E-state index in [2.05, 4.69) is 15.5 Å². The number of alkyl halides is 3. The molecule has 4 rings (SSSR count). The SMILES string of the molecule is O=C(CNC(=O)c1cccc(C(F)(F)F)c1)N[C@@H]1CCN(C2CCCCN2C(=O)CCc2ccccc2)C1. The first-order chi connectivity index (χ1) is 18.2. The van der Waals surface area contributed by atoms with Crippen molar-refractivity contribution in [1.82, 2.24) is 20.4 Å². The van der Waals surface area contributed by atoms with Gasteiger partial charge < -0.3 is 15.5 Å². The first kappa shape index (κ1) is 27.6. The Morgan fingerprint density at radius 2 is 1.74 bits per heavy atom. The third-order valence-electron chi connectivity index (χ3n) is 7.13. The van der Waals surface area contributed by atoms with Crippen LogP contribution in [0.2, 0.25) is 0 Å². The molecule has 0 spiro atoms. The molecule has 2 aromatic carbocycles. The molecule has 0 bridgehead atoms.